The molecule has 50 valence electrons. The number of fused-ring (bicyclic) bond motifs is 1. The van der Waals surface area contributed by atoms with Crippen molar-refractivity contribution in [2.45, 2.75) is 0 Å². The van der Waals surface area contributed by atoms with Crippen LogP contribution in [0, 0.1) is 0 Å². The Morgan fingerprint density at radius 1 is 1.30 bits per heavy atom. The van der Waals surface area contributed by atoms with Gasteiger partial charge < -0.3 is 9.63 Å². The molecule has 10 heavy (non-hydrogen) atoms. The number of nitrogens with zero attached hydrogens (tertiary/aromatic N) is 1. The molecule has 0 amide bonds. The maximum atomic E-state index is 8.98. The van der Waals surface area contributed by atoms with Crippen LogP contribution in [0.25, 0.3) is 10.9 Å². The number of benzene rings is 1. The van der Waals surface area contributed by atoms with Gasteiger partial charge in [0.15, 0.2) is 0 Å². The molecule has 0 aliphatic heterocycles. The zero-order valence-corrected chi connectivity index (χ0v) is 5.11. The number of rotatable bonds is 0. The molecule has 0 bridgehead atoms. The second-order valence-electron chi connectivity index (χ2n) is 2.00. The average Bonchev–Trinajstić information content (AvgIpc) is 2.34. The summed E-state index contributed by atoms with van der Waals surface area (Å²) >= 11 is 0. The summed E-state index contributed by atoms with van der Waals surface area (Å²) in [6.07, 6.45) is 0. The van der Waals surface area contributed by atoms with Crippen LogP contribution in [0.3, 0.4) is 0 Å². The van der Waals surface area contributed by atoms with E-state index in [0.29, 0.717) is 10.9 Å². The van der Waals surface area contributed by atoms with Crippen molar-refractivity contribution in [3.63, 3.8) is 0 Å². The lowest BCUT2D eigenvalue weighted by Gasteiger charge is -1.81. The Labute approximate surface area is 56.9 Å². The van der Waals surface area contributed by atoms with Gasteiger partial charge in [-0.05, 0) is 12.1 Å². The van der Waals surface area contributed by atoms with Gasteiger partial charge in [0.25, 0.3) is 0 Å². The molecule has 0 aliphatic rings. The van der Waals surface area contributed by atoms with E-state index < -0.39 is 0 Å². The van der Waals surface area contributed by atoms with E-state index in [1.54, 1.807) is 12.1 Å². The molecule has 0 atom stereocenters. The van der Waals surface area contributed by atoms with Gasteiger partial charge in [-0.1, -0.05) is 17.3 Å². The van der Waals surface area contributed by atoms with E-state index in [-0.39, 0.29) is 5.95 Å². The molecule has 1 heterocycles. The maximum Gasteiger partial charge on any atom is 0.316 e. The van der Waals surface area contributed by atoms with Crippen molar-refractivity contribution in [1.29, 1.82) is 0 Å². The summed E-state index contributed by atoms with van der Waals surface area (Å²) in [5.74, 6) is -0.115. The normalized spacial score (nSPS) is 10.4. The fraction of sp³-hybridized carbons (Fsp3) is 0. The highest BCUT2D eigenvalue weighted by molar-refractivity contribution is 5.82. The third kappa shape index (κ3) is 0.572. The second kappa shape index (κ2) is 1.73. The van der Waals surface area contributed by atoms with Gasteiger partial charge >= 0.3 is 5.95 Å². The molecule has 1 N–H and O–H groups in total. The first-order valence-electron chi connectivity index (χ1n) is 2.91. The monoisotopic (exact) mass is 135 g/mol. The van der Waals surface area contributed by atoms with Crippen molar-refractivity contribution >= 4 is 10.9 Å². The smallest absolute Gasteiger partial charge is 0.316 e. The van der Waals surface area contributed by atoms with Crippen LogP contribution < -0.4 is 0 Å². The highest BCUT2D eigenvalue weighted by Gasteiger charge is 2.02. The standard InChI is InChI=1S/C7H5NO2/c9-7-5-3-1-2-4-6(5)8-10-7/h1-4,9H. The molecule has 3 nitrogen and oxygen atoms in total. The van der Waals surface area contributed by atoms with E-state index in [0.717, 1.165) is 0 Å². The van der Waals surface area contributed by atoms with Gasteiger partial charge in [0.05, 0.1) is 5.39 Å². The molecule has 0 unspecified atom stereocenters. The van der Waals surface area contributed by atoms with Crippen LogP contribution in [0.5, 0.6) is 5.95 Å². The summed E-state index contributed by atoms with van der Waals surface area (Å²) in [4.78, 5) is 0. The lowest BCUT2D eigenvalue weighted by molar-refractivity contribution is 0.283. The topological polar surface area (TPSA) is 46.3 Å². The molecule has 0 saturated carbocycles. The summed E-state index contributed by atoms with van der Waals surface area (Å²) in [6, 6.07) is 7.18. The average molecular weight is 135 g/mol. The quantitative estimate of drug-likeness (QED) is 0.595. The minimum atomic E-state index is -0.115. The molecule has 0 aliphatic carbocycles. The Balaban J connectivity index is 2.93. The second-order valence-corrected chi connectivity index (χ2v) is 2.00. The first-order valence-corrected chi connectivity index (χ1v) is 2.91. The van der Waals surface area contributed by atoms with Gasteiger partial charge in [-0.3, -0.25) is 0 Å². The van der Waals surface area contributed by atoms with Gasteiger partial charge in [0, 0.05) is 0 Å². The molecule has 0 spiro atoms. The van der Waals surface area contributed by atoms with Gasteiger partial charge in [-0.2, -0.15) is 0 Å². The molecular weight excluding hydrogens is 130 g/mol. The van der Waals surface area contributed by atoms with Crippen molar-refractivity contribution in [1.82, 2.24) is 5.16 Å². The molecule has 0 saturated heterocycles. The minimum Gasteiger partial charge on any atom is -0.479 e. The SMILES string of the molecule is Oc1onc2ccccc12. The van der Waals surface area contributed by atoms with E-state index in [2.05, 4.69) is 9.68 Å². The number of aromatic hydroxyl groups is 1. The first-order chi connectivity index (χ1) is 4.88. The molecule has 1 aromatic heterocycles. The van der Waals surface area contributed by atoms with E-state index in [1.165, 1.54) is 0 Å². The lowest BCUT2D eigenvalue weighted by atomic mass is 10.3. The van der Waals surface area contributed by atoms with Crippen molar-refractivity contribution in [3.8, 4) is 5.95 Å². The van der Waals surface area contributed by atoms with Crippen LogP contribution >= 0.6 is 0 Å². The third-order valence-electron chi connectivity index (χ3n) is 1.36. The lowest BCUT2D eigenvalue weighted by Crippen LogP contribution is -1.62. The predicted octanol–water partition coefficient (Wildman–Crippen LogP) is 1.53. The van der Waals surface area contributed by atoms with E-state index >= 15 is 0 Å². The van der Waals surface area contributed by atoms with Crippen LogP contribution in [-0.4, -0.2) is 10.3 Å². The Morgan fingerprint density at radius 2 is 2.10 bits per heavy atom. The zero-order valence-electron chi connectivity index (χ0n) is 5.11. The van der Waals surface area contributed by atoms with Crippen LogP contribution in [-0.2, 0) is 0 Å². The van der Waals surface area contributed by atoms with Crippen molar-refractivity contribution in [2.24, 2.45) is 0 Å². The summed E-state index contributed by atoms with van der Waals surface area (Å²) in [5, 5.41) is 13.2. The number of hydrogen-bond acceptors (Lipinski definition) is 3. The molecule has 3 heteroatoms. The zero-order chi connectivity index (χ0) is 6.97. The Bertz CT molecular complexity index is 353. The number of hydrogen-bond donors (Lipinski definition) is 1. The van der Waals surface area contributed by atoms with E-state index in [4.69, 9.17) is 5.11 Å². The molecule has 1 aromatic carbocycles. The fourth-order valence-corrected chi connectivity index (χ4v) is 0.876. The summed E-state index contributed by atoms with van der Waals surface area (Å²) < 4.78 is 4.52. The summed E-state index contributed by atoms with van der Waals surface area (Å²) in [7, 11) is 0. The molecule has 0 fully saturated rings. The number of aromatic nitrogens is 1. The largest absolute Gasteiger partial charge is 0.479 e. The molecule has 0 radical (unpaired) electrons. The Hall–Kier alpha value is -1.51. The van der Waals surface area contributed by atoms with Crippen LogP contribution in [0.15, 0.2) is 28.8 Å². The first kappa shape index (κ1) is 5.29. The minimum absolute atomic E-state index is 0.115. The molecule has 2 rings (SSSR count). The van der Waals surface area contributed by atoms with Crippen molar-refractivity contribution in [2.75, 3.05) is 0 Å². The Morgan fingerprint density at radius 3 is 2.90 bits per heavy atom. The van der Waals surface area contributed by atoms with Gasteiger partial charge in [0.2, 0.25) is 0 Å². The summed E-state index contributed by atoms with van der Waals surface area (Å²) in [5.41, 5.74) is 0.681. The highest BCUT2D eigenvalue weighted by atomic mass is 16.5. The van der Waals surface area contributed by atoms with Crippen LogP contribution in [0.1, 0.15) is 0 Å². The van der Waals surface area contributed by atoms with Gasteiger partial charge in [0.1, 0.15) is 5.52 Å². The predicted molar refractivity (Wildman–Crippen MR) is 35.7 cm³/mol. The van der Waals surface area contributed by atoms with Crippen molar-refractivity contribution in [3.05, 3.63) is 24.3 Å². The van der Waals surface area contributed by atoms with Crippen molar-refractivity contribution < 1.29 is 9.63 Å². The summed E-state index contributed by atoms with van der Waals surface area (Å²) in [6.45, 7) is 0. The molecule has 2 aromatic rings. The van der Waals surface area contributed by atoms with Crippen LogP contribution in [0.4, 0.5) is 0 Å². The maximum absolute atomic E-state index is 8.98. The highest BCUT2D eigenvalue weighted by Crippen LogP contribution is 2.22. The van der Waals surface area contributed by atoms with Crippen LogP contribution in [0.2, 0.25) is 0 Å². The Kier molecular flexibility index (Phi) is 0.917. The van der Waals surface area contributed by atoms with Gasteiger partial charge in [-0.25, -0.2) is 0 Å². The third-order valence-corrected chi connectivity index (χ3v) is 1.36. The fourth-order valence-electron chi connectivity index (χ4n) is 0.876. The van der Waals surface area contributed by atoms with E-state index in [1.807, 2.05) is 12.1 Å². The molecular formula is C7H5NO2. The van der Waals surface area contributed by atoms with E-state index in [9.17, 15) is 0 Å². The van der Waals surface area contributed by atoms with Gasteiger partial charge in [-0.15, -0.1) is 0 Å².